The lowest BCUT2D eigenvalue weighted by Crippen LogP contribution is -2.45. The van der Waals surface area contributed by atoms with Gasteiger partial charge in [0.15, 0.2) is 5.84 Å². The zero-order valence-electron chi connectivity index (χ0n) is 9.36. The van der Waals surface area contributed by atoms with Crippen molar-refractivity contribution < 1.29 is 27.9 Å². The molecule has 0 fully saturated rings. The predicted octanol–water partition coefficient (Wildman–Crippen LogP) is 0.159. The maximum atomic E-state index is 11.7. The molecule has 17 heavy (non-hydrogen) atoms. The van der Waals surface area contributed by atoms with Crippen molar-refractivity contribution in [2.75, 3.05) is 20.3 Å². The molecule has 0 radical (unpaired) electrons. The molecule has 0 aromatic heterocycles. The second kappa shape index (κ2) is 6.28. The summed E-state index contributed by atoms with van der Waals surface area (Å²) in [5.74, 6) is -0.926. The van der Waals surface area contributed by atoms with Gasteiger partial charge in [-0.05, 0) is 6.92 Å². The summed E-state index contributed by atoms with van der Waals surface area (Å²) in [6.45, 7) is -0.764. The van der Waals surface area contributed by atoms with Crippen LogP contribution in [0.5, 0.6) is 0 Å². The average molecular weight is 257 g/mol. The fourth-order valence-electron chi connectivity index (χ4n) is 0.854. The number of halogens is 3. The highest BCUT2D eigenvalue weighted by atomic mass is 19.4. The van der Waals surface area contributed by atoms with E-state index in [-0.39, 0.29) is 5.84 Å². The summed E-state index contributed by atoms with van der Waals surface area (Å²) in [6.07, 6.45) is -4.48. The minimum absolute atomic E-state index is 0.225. The highest BCUT2D eigenvalue weighted by molar-refractivity contribution is 5.89. The van der Waals surface area contributed by atoms with E-state index in [1.54, 1.807) is 0 Å². The van der Waals surface area contributed by atoms with Crippen molar-refractivity contribution in [2.45, 2.75) is 19.1 Å². The summed E-state index contributed by atoms with van der Waals surface area (Å²) in [7, 11) is 1.31. The first-order valence-electron chi connectivity index (χ1n) is 4.56. The van der Waals surface area contributed by atoms with Gasteiger partial charge in [-0.3, -0.25) is 4.79 Å². The van der Waals surface area contributed by atoms with Crippen LogP contribution < -0.4 is 5.73 Å². The predicted molar refractivity (Wildman–Crippen MR) is 52.5 cm³/mol. The van der Waals surface area contributed by atoms with Gasteiger partial charge in [0.2, 0.25) is 5.91 Å². The van der Waals surface area contributed by atoms with Crippen LogP contribution in [0.4, 0.5) is 13.2 Å². The number of carbonyl (C=O) groups is 1. The van der Waals surface area contributed by atoms with Gasteiger partial charge in [0.25, 0.3) is 0 Å². The fraction of sp³-hybridized carbons (Fsp3) is 0.750. The molecule has 0 aliphatic rings. The van der Waals surface area contributed by atoms with Gasteiger partial charge >= 0.3 is 6.18 Å². The summed E-state index contributed by atoms with van der Waals surface area (Å²) in [5.41, 5.74) is 5.24. The smallest absolute Gasteiger partial charge is 0.409 e. The lowest BCUT2D eigenvalue weighted by Gasteiger charge is -2.23. The van der Waals surface area contributed by atoms with E-state index in [2.05, 4.69) is 9.89 Å². The van der Waals surface area contributed by atoms with Crippen molar-refractivity contribution in [3.8, 4) is 0 Å². The second-order valence-electron chi connectivity index (χ2n) is 3.31. The van der Waals surface area contributed by atoms with Crippen molar-refractivity contribution in [1.82, 2.24) is 4.90 Å². The average Bonchev–Trinajstić information content (AvgIpc) is 2.24. The van der Waals surface area contributed by atoms with Gasteiger partial charge in [-0.1, -0.05) is 5.16 Å². The minimum atomic E-state index is -4.48. The lowest BCUT2D eigenvalue weighted by atomic mass is 10.3. The first-order valence-corrected chi connectivity index (χ1v) is 4.56. The van der Waals surface area contributed by atoms with E-state index in [9.17, 15) is 18.0 Å². The molecule has 1 unspecified atom stereocenters. The van der Waals surface area contributed by atoms with Crippen LogP contribution in [-0.4, -0.2) is 54.3 Å². The first-order chi connectivity index (χ1) is 7.69. The molecule has 1 atom stereocenters. The number of hydrogen-bond donors (Lipinski definition) is 2. The van der Waals surface area contributed by atoms with Gasteiger partial charge in [-0.2, -0.15) is 13.2 Å². The van der Waals surface area contributed by atoms with Crippen LogP contribution in [0.3, 0.4) is 0 Å². The number of likely N-dealkylation sites (N-methyl/N-ethyl adjacent to an activating group) is 1. The number of amidine groups is 1. The Bertz CT molecular complexity index is 293. The Labute approximate surface area is 95.8 Å². The summed E-state index contributed by atoms with van der Waals surface area (Å²) in [5, 5.41) is 11.1. The molecule has 0 aromatic rings. The van der Waals surface area contributed by atoms with E-state index in [1.807, 2.05) is 0 Å². The normalized spacial score (nSPS) is 14.5. The number of carbonyl (C=O) groups excluding carboxylic acids is 1. The summed E-state index contributed by atoms with van der Waals surface area (Å²) in [4.78, 5) is 12.4. The quantitative estimate of drug-likeness (QED) is 0.318. The van der Waals surface area contributed by atoms with Crippen molar-refractivity contribution in [2.24, 2.45) is 10.9 Å². The fourth-order valence-corrected chi connectivity index (χ4v) is 0.854. The third-order valence-electron chi connectivity index (χ3n) is 2.01. The van der Waals surface area contributed by atoms with E-state index in [0.717, 1.165) is 4.90 Å². The van der Waals surface area contributed by atoms with Gasteiger partial charge in [-0.15, -0.1) is 0 Å². The molecule has 6 nitrogen and oxygen atoms in total. The van der Waals surface area contributed by atoms with Gasteiger partial charge in [0.05, 0.1) is 6.04 Å². The van der Waals surface area contributed by atoms with Crippen LogP contribution in [-0.2, 0) is 9.53 Å². The molecule has 0 heterocycles. The third kappa shape index (κ3) is 5.95. The number of hydrogen-bond acceptors (Lipinski definition) is 4. The molecule has 1 amide bonds. The zero-order chi connectivity index (χ0) is 13.6. The van der Waals surface area contributed by atoms with E-state index in [0.29, 0.717) is 0 Å². The molecule has 0 aliphatic heterocycles. The topological polar surface area (TPSA) is 88.2 Å². The molecular formula is C8H14F3N3O3. The number of nitrogens with zero attached hydrogens (tertiary/aromatic N) is 2. The van der Waals surface area contributed by atoms with Crippen molar-refractivity contribution in [3.63, 3.8) is 0 Å². The number of rotatable bonds is 5. The molecule has 0 saturated carbocycles. The van der Waals surface area contributed by atoms with Gasteiger partial charge in [0.1, 0.15) is 13.2 Å². The van der Waals surface area contributed by atoms with Crippen LogP contribution in [0.15, 0.2) is 5.16 Å². The molecule has 9 heteroatoms. The number of ether oxygens (including phenoxy) is 1. The molecule has 0 rings (SSSR count). The summed E-state index contributed by atoms with van der Waals surface area (Å²) < 4.78 is 39.4. The molecule has 0 aliphatic carbocycles. The SMILES string of the molecule is CC(C(N)=NO)N(C)C(=O)COCC(F)(F)F. The summed E-state index contributed by atoms with van der Waals surface area (Å²) in [6, 6.07) is -0.734. The number of alkyl halides is 3. The van der Waals surface area contributed by atoms with Crippen molar-refractivity contribution >= 4 is 11.7 Å². The monoisotopic (exact) mass is 257 g/mol. The minimum Gasteiger partial charge on any atom is -0.409 e. The van der Waals surface area contributed by atoms with Crippen LogP contribution in [0.2, 0.25) is 0 Å². The van der Waals surface area contributed by atoms with E-state index in [4.69, 9.17) is 10.9 Å². The van der Waals surface area contributed by atoms with Gasteiger partial charge in [-0.25, -0.2) is 0 Å². The Morgan fingerprint density at radius 1 is 1.59 bits per heavy atom. The first kappa shape index (κ1) is 15.5. The zero-order valence-corrected chi connectivity index (χ0v) is 9.36. The van der Waals surface area contributed by atoms with Crippen LogP contribution in [0, 0.1) is 0 Å². The molecule has 3 N–H and O–H groups in total. The van der Waals surface area contributed by atoms with E-state index < -0.39 is 31.3 Å². The number of amides is 1. The second-order valence-corrected chi connectivity index (χ2v) is 3.31. The lowest BCUT2D eigenvalue weighted by molar-refractivity contribution is -0.177. The Morgan fingerprint density at radius 2 is 2.12 bits per heavy atom. The van der Waals surface area contributed by atoms with Gasteiger partial charge in [0, 0.05) is 7.05 Å². The molecular weight excluding hydrogens is 243 g/mol. The third-order valence-corrected chi connectivity index (χ3v) is 2.01. The van der Waals surface area contributed by atoms with Crippen molar-refractivity contribution in [1.29, 1.82) is 0 Å². The Balaban J connectivity index is 4.15. The van der Waals surface area contributed by atoms with Crippen LogP contribution in [0.1, 0.15) is 6.92 Å². The standard InChI is InChI=1S/C8H14F3N3O3/c1-5(7(12)13-16)14(2)6(15)3-17-4-8(9,10)11/h5,16H,3-4H2,1-2H3,(H2,12,13). The Morgan fingerprint density at radius 3 is 2.53 bits per heavy atom. The van der Waals surface area contributed by atoms with Crippen LogP contribution in [0.25, 0.3) is 0 Å². The maximum Gasteiger partial charge on any atom is 0.411 e. The highest BCUT2D eigenvalue weighted by Gasteiger charge is 2.28. The summed E-state index contributed by atoms with van der Waals surface area (Å²) >= 11 is 0. The van der Waals surface area contributed by atoms with Gasteiger partial charge < -0.3 is 20.6 Å². The van der Waals surface area contributed by atoms with E-state index in [1.165, 1.54) is 14.0 Å². The maximum absolute atomic E-state index is 11.7. The van der Waals surface area contributed by atoms with Crippen molar-refractivity contribution in [3.05, 3.63) is 0 Å². The van der Waals surface area contributed by atoms with Crippen LogP contribution >= 0.6 is 0 Å². The Hall–Kier alpha value is -1.51. The highest BCUT2D eigenvalue weighted by Crippen LogP contribution is 2.14. The number of nitrogens with two attached hydrogens (primary N) is 1. The number of oxime groups is 1. The molecule has 0 bridgehead atoms. The molecule has 100 valence electrons. The van der Waals surface area contributed by atoms with E-state index >= 15 is 0 Å². The molecule has 0 spiro atoms. The molecule has 0 aromatic carbocycles. The largest absolute Gasteiger partial charge is 0.411 e. The Kier molecular flexibility index (Phi) is 5.72. The molecule has 0 saturated heterocycles.